The molecule has 3 heterocycles. The molecule has 0 bridgehead atoms. The van der Waals surface area contributed by atoms with Gasteiger partial charge in [-0.3, -0.25) is 19.4 Å². The highest BCUT2D eigenvalue weighted by Crippen LogP contribution is 2.20. The van der Waals surface area contributed by atoms with Gasteiger partial charge in [0.1, 0.15) is 0 Å². The molecule has 2 aliphatic rings. The summed E-state index contributed by atoms with van der Waals surface area (Å²) in [5.41, 5.74) is 0.512. The van der Waals surface area contributed by atoms with Crippen molar-refractivity contribution in [2.24, 2.45) is 5.92 Å². The summed E-state index contributed by atoms with van der Waals surface area (Å²) >= 11 is 0. The maximum atomic E-state index is 12.5. The van der Waals surface area contributed by atoms with Crippen LogP contribution in [-0.4, -0.2) is 58.9 Å². The number of nitrogens with zero attached hydrogens (tertiary/aromatic N) is 3. The molecule has 2 amide bonds. The fourth-order valence-electron chi connectivity index (χ4n) is 3.59. The first-order chi connectivity index (χ1) is 12.5. The lowest BCUT2D eigenvalue weighted by Crippen LogP contribution is -2.45. The summed E-state index contributed by atoms with van der Waals surface area (Å²) in [6, 6.07) is 1.50. The molecular weight excluding hydrogens is 334 g/mol. The molecule has 0 radical (unpaired) electrons. The van der Waals surface area contributed by atoms with Crippen LogP contribution in [0.2, 0.25) is 0 Å². The van der Waals surface area contributed by atoms with Gasteiger partial charge in [-0.25, -0.2) is 4.98 Å². The van der Waals surface area contributed by atoms with E-state index >= 15 is 0 Å². The van der Waals surface area contributed by atoms with Crippen LogP contribution in [0.15, 0.2) is 23.5 Å². The second kappa shape index (κ2) is 7.72. The summed E-state index contributed by atoms with van der Waals surface area (Å²) in [5, 5.41) is 3.11. The zero-order valence-corrected chi connectivity index (χ0v) is 15.0. The van der Waals surface area contributed by atoms with Crippen molar-refractivity contribution in [3.05, 3.63) is 34.8 Å². The number of H-pyrrole nitrogens is 1. The van der Waals surface area contributed by atoms with E-state index in [1.165, 1.54) is 12.1 Å². The summed E-state index contributed by atoms with van der Waals surface area (Å²) in [7, 11) is 0. The van der Waals surface area contributed by atoms with Gasteiger partial charge in [-0.1, -0.05) is 6.58 Å². The molecule has 0 aromatic carbocycles. The van der Waals surface area contributed by atoms with Gasteiger partial charge < -0.3 is 15.1 Å². The lowest BCUT2D eigenvalue weighted by molar-refractivity contribution is -0.132. The van der Waals surface area contributed by atoms with E-state index in [0.29, 0.717) is 44.1 Å². The molecule has 2 fully saturated rings. The molecule has 1 aromatic heterocycles. The standard InChI is InChI=1S/C18H25N5O3/c1-3-16(25)22-7-4-13(5-8-22)17(26)20-14-6-9-23(11-14)18-19-12(2)10-15(24)21-18/h3,10,13-14H,1,4-9,11H2,2H3,(H,20,26)(H,19,21,24). The van der Waals surface area contributed by atoms with Crippen molar-refractivity contribution >= 4 is 17.8 Å². The van der Waals surface area contributed by atoms with Crippen molar-refractivity contribution in [3.63, 3.8) is 0 Å². The van der Waals surface area contributed by atoms with Crippen LogP contribution >= 0.6 is 0 Å². The Kier molecular flexibility index (Phi) is 5.39. The van der Waals surface area contributed by atoms with E-state index in [2.05, 4.69) is 21.9 Å². The second-order valence-corrected chi connectivity index (χ2v) is 6.95. The minimum Gasteiger partial charge on any atom is -0.351 e. The fourth-order valence-corrected chi connectivity index (χ4v) is 3.59. The van der Waals surface area contributed by atoms with Gasteiger partial charge in [-0.05, 0) is 32.3 Å². The first kappa shape index (κ1) is 18.2. The first-order valence-electron chi connectivity index (χ1n) is 9.01. The highest BCUT2D eigenvalue weighted by Gasteiger charge is 2.30. The predicted octanol–water partition coefficient (Wildman–Crippen LogP) is 0.198. The summed E-state index contributed by atoms with van der Waals surface area (Å²) < 4.78 is 0. The molecule has 2 aliphatic heterocycles. The number of hydrogen-bond acceptors (Lipinski definition) is 5. The lowest BCUT2D eigenvalue weighted by Gasteiger charge is -2.31. The number of carbonyl (C=O) groups excluding carboxylic acids is 2. The number of carbonyl (C=O) groups is 2. The van der Waals surface area contributed by atoms with Gasteiger partial charge in [0.05, 0.1) is 0 Å². The SMILES string of the molecule is C=CC(=O)N1CCC(C(=O)NC2CCN(c3nc(C)cc(=O)[nH]3)C2)CC1. The third kappa shape index (κ3) is 4.12. The van der Waals surface area contributed by atoms with E-state index in [1.54, 1.807) is 11.8 Å². The van der Waals surface area contributed by atoms with Gasteiger partial charge >= 0.3 is 0 Å². The molecule has 1 unspecified atom stereocenters. The number of aryl methyl sites for hydroxylation is 1. The van der Waals surface area contributed by atoms with Crippen molar-refractivity contribution in [2.75, 3.05) is 31.1 Å². The van der Waals surface area contributed by atoms with Crippen molar-refractivity contribution in [2.45, 2.75) is 32.2 Å². The Hall–Kier alpha value is -2.64. The fraction of sp³-hybridized carbons (Fsp3) is 0.556. The van der Waals surface area contributed by atoms with Crippen LogP contribution < -0.4 is 15.8 Å². The summed E-state index contributed by atoms with van der Waals surface area (Å²) in [6.45, 7) is 7.84. The number of amides is 2. The number of hydrogen-bond donors (Lipinski definition) is 2. The predicted molar refractivity (Wildman–Crippen MR) is 97.9 cm³/mol. The van der Waals surface area contributed by atoms with Gasteiger partial charge in [-0.2, -0.15) is 0 Å². The second-order valence-electron chi connectivity index (χ2n) is 6.95. The van der Waals surface area contributed by atoms with Gasteiger partial charge in [0, 0.05) is 49.9 Å². The number of likely N-dealkylation sites (tertiary alicyclic amines) is 1. The van der Waals surface area contributed by atoms with E-state index in [0.717, 1.165) is 13.0 Å². The largest absolute Gasteiger partial charge is 0.351 e. The summed E-state index contributed by atoms with van der Waals surface area (Å²) in [6.07, 6.45) is 3.48. The molecule has 1 aromatic rings. The molecule has 8 heteroatoms. The Morgan fingerprint density at radius 1 is 1.31 bits per heavy atom. The summed E-state index contributed by atoms with van der Waals surface area (Å²) in [5.74, 6) is 0.473. The Morgan fingerprint density at radius 3 is 2.69 bits per heavy atom. The van der Waals surface area contributed by atoms with Gasteiger partial charge in [-0.15, -0.1) is 0 Å². The zero-order valence-electron chi connectivity index (χ0n) is 15.0. The van der Waals surface area contributed by atoms with Crippen LogP contribution in [0.5, 0.6) is 0 Å². The van der Waals surface area contributed by atoms with Crippen molar-refractivity contribution < 1.29 is 9.59 Å². The van der Waals surface area contributed by atoms with Crippen molar-refractivity contribution in [1.29, 1.82) is 0 Å². The third-order valence-corrected chi connectivity index (χ3v) is 5.04. The molecule has 3 rings (SSSR count). The smallest absolute Gasteiger partial charge is 0.252 e. The van der Waals surface area contributed by atoms with Crippen molar-refractivity contribution in [3.8, 4) is 0 Å². The molecule has 26 heavy (non-hydrogen) atoms. The molecule has 0 aliphatic carbocycles. The molecule has 1 atom stereocenters. The Bertz CT molecular complexity index is 751. The number of aromatic amines is 1. The first-order valence-corrected chi connectivity index (χ1v) is 9.01. The van der Waals surface area contributed by atoms with Crippen LogP contribution in [0.25, 0.3) is 0 Å². The molecule has 2 N–H and O–H groups in total. The van der Waals surface area contributed by atoms with E-state index in [-0.39, 0.29) is 29.3 Å². The van der Waals surface area contributed by atoms with Crippen molar-refractivity contribution in [1.82, 2.24) is 20.2 Å². The molecule has 2 saturated heterocycles. The summed E-state index contributed by atoms with van der Waals surface area (Å²) in [4.78, 5) is 46.6. The number of piperidine rings is 1. The molecule has 0 saturated carbocycles. The Labute approximate surface area is 152 Å². The van der Waals surface area contributed by atoms with Crippen LogP contribution in [-0.2, 0) is 9.59 Å². The van der Waals surface area contributed by atoms with E-state index < -0.39 is 0 Å². The number of aromatic nitrogens is 2. The van der Waals surface area contributed by atoms with Crippen LogP contribution in [0.4, 0.5) is 5.95 Å². The quantitative estimate of drug-likeness (QED) is 0.748. The highest BCUT2D eigenvalue weighted by atomic mass is 16.2. The van der Waals surface area contributed by atoms with Gasteiger partial charge in [0.15, 0.2) is 0 Å². The van der Waals surface area contributed by atoms with Crippen LogP contribution in [0.3, 0.4) is 0 Å². The third-order valence-electron chi connectivity index (χ3n) is 5.04. The number of anilines is 1. The zero-order chi connectivity index (χ0) is 18.7. The maximum Gasteiger partial charge on any atom is 0.252 e. The normalized spacial score (nSPS) is 20.9. The van der Waals surface area contributed by atoms with Gasteiger partial charge in [0.2, 0.25) is 17.8 Å². The topological polar surface area (TPSA) is 98.4 Å². The molecular formula is C18H25N5O3. The Morgan fingerprint density at radius 2 is 2.04 bits per heavy atom. The average Bonchev–Trinajstić information content (AvgIpc) is 3.09. The van der Waals surface area contributed by atoms with E-state index in [9.17, 15) is 14.4 Å². The van der Waals surface area contributed by atoms with E-state index in [4.69, 9.17) is 0 Å². The molecule has 8 nitrogen and oxygen atoms in total. The minimum absolute atomic E-state index is 0.0427. The molecule has 0 spiro atoms. The minimum atomic E-state index is -0.166. The molecule has 140 valence electrons. The number of nitrogens with one attached hydrogen (secondary N) is 2. The lowest BCUT2D eigenvalue weighted by atomic mass is 9.95. The number of rotatable bonds is 4. The van der Waals surface area contributed by atoms with Gasteiger partial charge in [0.25, 0.3) is 5.56 Å². The maximum absolute atomic E-state index is 12.5. The Balaban J connectivity index is 1.51. The monoisotopic (exact) mass is 359 g/mol. The van der Waals surface area contributed by atoms with E-state index in [1.807, 2.05) is 4.90 Å². The van der Waals surface area contributed by atoms with Crippen LogP contribution in [0.1, 0.15) is 25.0 Å². The van der Waals surface area contributed by atoms with Crippen LogP contribution in [0, 0.1) is 12.8 Å². The average molecular weight is 359 g/mol. The highest BCUT2D eigenvalue weighted by molar-refractivity contribution is 5.87.